The minimum absolute atomic E-state index is 0.194. The van der Waals surface area contributed by atoms with Gasteiger partial charge in [-0.15, -0.1) is 11.3 Å². The number of nitrogens with one attached hydrogen (secondary N) is 1. The zero-order valence-corrected chi connectivity index (χ0v) is 13.6. The van der Waals surface area contributed by atoms with Crippen LogP contribution in [0.1, 0.15) is 52.4 Å². The van der Waals surface area contributed by atoms with Gasteiger partial charge >= 0.3 is 5.97 Å². The van der Waals surface area contributed by atoms with Crippen molar-refractivity contribution >= 4 is 23.2 Å². The van der Waals surface area contributed by atoms with Crippen LogP contribution in [0.3, 0.4) is 0 Å². The van der Waals surface area contributed by atoms with Crippen molar-refractivity contribution in [2.24, 2.45) is 0 Å². The normalized spacial score (nSPS) is 16.4. The number of furan rings is 1. The number of hydrogen-bond donors (Lipinski definition) is 2. The number of rotatable bonds is 5. The quantitative estimate of drug-likeness (QED) is 0.877. The van der Waals surface area contributed by atoms with Crippen LogP contribution in [0, 0.1) is 6.92 Å². The van der Waals surface area contributed by atoms with Crippen molar-refractivity contribution < 1.29 is 19.1 Å². The van der Waals surface area contributed by atoms with Crippen LogP contribution < -0.4 is 5.32 Å². The summed E-state index contributed by atoms with van der Waals surface area (Å²) >= 11 is 1.53. The molecule has 0 unspecified atom stereocenters. The summed E-state index contributed by atoms with van der Waals surface area (Å²) < 4.78 is 5.26. The fourth-order valence-corrected chi connectivity index (χ4v) is 4.03. The lowest BCUT2D eigenvalue weighted by Gasteiger charge is -2.28. The van der Waals surface area contributed by atoms with Crippen LogP contribution in [0.4, 0.5) is 0 Å². The fourth-order valence-electron chi connectivity index (χ4n) is 3.18. The molecule has 2 N–H and O–H groups in total. The Hall–Kier alpha value is -2.15. The van der Waals surface area contributed by atoms with Gasteiger partial charge < -0.3 is 14.8 Å². The molecule has 0 bridgehead atoms. The summed E-state index contributed by atoms with van der Waals surface area (Å²) in [6.45, 7) is 1.74. The smallest absolute Gasteiger partial charge is 0.311 e. The maximum Gasteiger partial charge on any atom is 0.311 e. The second kappa shape index (κ2) is 6.16. The summed E-state index contributed by atoms with van der Waals surface area (Å²) in [5, 5.41) is 14.9. The van der Waals surface area contributed by atoms with Crippen LogP contribution in [0.5, 0.6) is 0 Å². The molecule has 1 fully saturated rings. The van der Waals surface area contributed by atoms with Crippen LogP contribution in [0.2, 0.25) is 0 Å². The summed E-state index contributed by atoms with van der Waals surface area (Å²) in [5.41, 5.74) is 0.524. The van der Waals surface area contributed by atoms with Crippen molar-refractivity contribution in [1.82, 2.24) is 10.3 Å². The number of aliphatic carboxylic acids is 1. The highest BCUT2D eigenvalue weighted by Crippen LogP contribution is 2.40. The van der Waals surface area contributed by atoms with Gasteiger partial charge in [-0.2, -0.15) is 0 Å². The van der Waals surface area contributed by atoms with Gasteiger partial charge in [-0.1, -0.05) is 12.8 Å². The molecule has 23 heavy (non-hydrogen) atoms. The summed E-state index contributed by atoms with van der Waals surface area (Å²) in [6.07, 6.45) is 6.62. The van der Waals surface area contributed by atoms with E-state index < -0.39 is 11.5 Å². The standard InChI is InChI=1S/C16H18N2O4S/c1-10-9-22-11(8-12(19)20)13(10)14(21)18-16(4-2-3-5-16)15-17-6-7-23-15/h6-7,9H,2-5,8H2,1H3,(H,18,21)(H,19,20). The lowest BCUT2D eigenvalue weighted by molar-refractivity contribution is -0.136. The number of carboxylic acid groups (broad SMARTS) is 1. The zero-order chi connectivity index (χ0) is 16.4. The van der Waals surface area contributed by atoms with E-state index in [2.05, 4.69) is 10.3 Å². The summed E-state index contributed by atoms with van der Waals surface area (Å²) in [7, 11) is 0. The number of amides is 1. The van der Waals surface area contributed by atoms with Crippen LogP contribution in [-0.2, 0) is 16.8 Å². The Morgan fingerprint density at radius 1 is 1.43 bits per heavy atom. The van der Waals surface area contributed by atoms with Crippen molar-refractivity contribution in [1.29, 1.82) is 0 Å². The Bertz CT molecular complexity index is 715. The van der Waals surface area contributed by atoms with E-state index in [9.17, 15) is 9.59 Å². The van der Waals surface area contributed by atoms with Gasteiger partial charge in [0.05, 0.1) is 17.4 Å². The number of thiazole rings is 1. The van der Waals surface area contributed by atoms with Gasteiger partial charge in [0, 0.05) is 17.1 Å². The third-order valence-electron chi connectivity index (χ3n) is 4.24. The molecule has 0 radical (unpaired) electrons. The lowest BCUT2D eigenvalue weighted by Crippen LogP contribution is -2.44. The van der Waals surface area contributed by atoms with Crippen LogP contribution in [0.25, 0.3) is 0 Å². The first-order chi connectivity index (χ1) is 11.0. The highest BCUT2D eigenvalue weighted by atomic mass is 32.1. The highest BCUT2D eigenvalue weighted by Gasteiger charge is 2.40. The molecule has 0 saturated heterocycles. The molecule has 1 amide bonds. The van der Waals surface area contributed by atoms with Gasteiger partial charge in [0.15, 0.2) is 0 Å². The van der Waals surface area contributed by atoms with Gasteiger partial charge in [-0.25, -0.2) is 4.98 Å². The molecule has 7 heteroatoms. The Balaban J connectivity index is 1.89. The van der Waals surface area contributed by atoms with Crippen LogP contribution >= 0.6 is 11.3 Å². The number of carbonyl (C=O) groups excluding carboxylic acids is 1. The fraction of sp³-hybridized carbons (Fsp3) is 0.438. The van der Waals surface area contributed by atoms with Gasteiger partial charge in [-0.3, -0.25) is 9.59 Å². The second-order valence-electron chi connectivity index (χ2n) is 5.87. The van der Waals surface area contributed by atoms with E-state index in [-0.39, 0.29) is 18.1 Å². The Morgan fingerprint density at radius 3 is 2.78 bits per heavy atom. The summed E-state index contributed by atoms with van der Waals surface area (Å²) in [4.78, 5) is 28.1. The van der Waals surface area contributed by atoms with Crippen molar-refractivity contribution in [3.8, 4) is 0 Å². The molecule has 3 rings (SSSR count). The van der Waals surface area contributed by atoms with Gasteiger partial charge in [-0.05, 0) is 19.8 Å². The van der Waals surface area contributed by atoms with Gasteiger partial charge in [0.25, 0.3) is 5.91 Å². The maximum absolute atomic E-state index is 12.8. The third-order valence-corrected chi connectivity index (χ3v) is 5.22. The average molecular weight is 334 g/mol. The minimum Gasteiger partial charge on any atom is -0.481 e. The number of nitrogens with zero attached hydrogens (tertiary/aromatic N) is 1. The van der Waals surface area contributed by atoms with E-state index in [0.717, 1.165) is 30.7 Å². The number of carbonyl (C=O) groups is 2. The molecule has 1 aliphatic carbocycles. The number of carboxylic acids is 1. The van der Waals surface area contributed by atoms with E-state index in [4.69, 9.17) is 9.52 Å². The summed E-state index contributed by atoms with van der Waals surface area (Å²) in [6, 6.07) is 0. The third kappa shape index (κ3) is 3.01. The molecule has 0 aliphatic heterocycles. The van der Waals surface area contributed by atoms with Gasteiger partial charge in [0.2, 0.25) is 0 Å². The van der Waals surface area contributed by atoms with Crippen molar-refractivity contribution in [2.75, 3.05) is 0 Å². The van der Waals surface area contributed by atoms with Crippen molar-refractivity contribution in [3.63, 3.8) is 0 Å². The predicted octanol–water partition coefficient (Wildman–Crippen LogP) is 2.87. The molecule has 2 aromatic rings. The monoisotopic (exact) mass is 334 g/mol. The molecule has 0 atom stereocenters. The molecular formula is C16H18N2O4S. The number of aromatic nitrogens is 1. The first kappa shape index (κ1) is 15.7. The van der Waals surface area contributed by atoms with Crippen LogP contribution in [-0.4, -0.2) is 22.0 Å². The van der Waals surface area contributed by atoms with E-state index in [1.807, 2.05) is 5.38 Å². The second-order valence-corrected chi connectivity index (χ2v) is 6.76. The predicted molar refractivity (Wildman–Crippen MR) is 84.5 cm³/mol. The number of aryl methyl sites for hydroxylation is 1. The molecule has 0 aromatic carbocycles. The molecule has 2 aromatic heterocycles. The first-order valence-electron chi connectivity index (χ1n) is 7.53. The van der Waals surface area contributed by atoms with E-state index in [1.165, 1.54) is 17.6 Å². The Kier molecular flexibility index (Phi) is 4.21. The molecule has 0 spiro atoms. The van der Waals surface area contributed by atoms with E-state index in [1.54, 1.807) is 13.1 Å². The van der Waals surface area contributed by atoms with Crippen LogP contribution in [0.15, 0.2) is 22.3 Å². The molecule has 1 aliphatic rings. The largest absolute Gasteiger partial charge is 0.481 e. The molecule has 122 valence electrons. The van der Waals surface area contributed by atoms with E-state index in [0.29, 0.717) is 11.1 Å². The van der Waals surface area contributed by atoms with Gasteiger partial charge in [0.1, 0.15) is 17.2 Å². The Morgan fingerprint density at radius 2 is 2.17 bits per heavy atom. The number of hydrogen-bond acceptors (Lipinski definition) is 5. The highest BCUT2D eigenvalue weighted by molar-refractivity contribution is 7.09. The maximum atomic E-state index is 12.8. The molecular weight excluding hydrogens is 316 g/mol. The summed E-state index contributed by atoms with van der Waals surface area (Å²) in [5.74, 6) is -1.12. The zero-order valence-electron chi connectivity index (χ0n) is 12.8. The lowest BCUT2D eigenvalue weighted by atomic mass is 9.97. The molecule has 2 heterocycles. The van der Waals surface area contributed by atoms with Crippen molar-refractivity contribution in [3.05, 3.63) is 39.7 Å². The average Bonchev–Trinajstić information content (AvgIpc) is 3.19. The Labute approximate surface area is 137 Å². The van der Waals surface area contributed by atoms with Crippen molar-refractivity contribution in [2.45, 2.75) is 44.6 Å². The first-order valence-corrected chi connectivity index (χ1v) is 8.41. The topological polar surface area (TPSA) is 92.4 Å². The molecule has 6 nitrogen and oxygen atoms in total. The minimum atomic E-state index is -1.02. The van der Waals surface area contributed by atoms with E-state index >= 15 is 0 Å². The SMILES string of the molecule is Cc1coc(CC(=O)O)c1C(=O)NC1(c2nccs2)CCCC1. The molecule has 1 saturated carbocycles.